The van der Waals surface area contributed by atoms with E-state index in [2.05, 4.69) is 55.7 Å². The van der Waals surface area contributed by atoms with Crippen molar-refractivity contribution in [2.24, 2.45) is 5.10 Å². The number of carbonyl (C=O) groups excluding carboxylic acids is 1. The van der Waals surface area contributed by atoms with E-state index in [9.17, 15) is 9.59 Å². The Balaban J connectivity index is 1.68. The van der Waals surface area contributed by atoms with Crippen molar-refractivity contribution in [1.82, 2.24) is 5.43 Å². The lowest BCUT2D eigenvalue weighted by Gasteiger charge is -2.13. The van der Waals surface area contributed by atoms with Crippen molar-refractivity contribution in [3.05, 3.63) is 84.0 Å². The van der Waals surface area contributed by atoms with Gasteiger partial charge in [0, 0.05) is 5.56 Å². The minimum atomic E-state index is -0.976. The molecule has 0 atom stereocenters. The van der Waals surface area contributed by atoms with Gasteiger partial charge in [-0.1, -0.05) is 12.1 Å². The number of methoxy groups -OCH3 is 2. The van der Waals surface area contributed by atoms with Crippen LogP contribution in [-0.4, -0.2) is 37.4 Å². The van der Waals surface area contributed by atoms with Gasteiger partial charge in [-0.3, -0.25) is 4.79 Å². The maximum atomic E-state index is 12.4. The molecule has 1 amide bonds. The number of hydrogen-bond acceptors (Lipinski definition) is 6. The highest BCUT2D eigenvalue weighted by Gasteiger charge is 2.13. The van der Waals surface area contributed by atoms with E-state index in [1.54, 1.807) is 43.5 Å². The Morgan fingerprint density at radius 3 is 2.26 bits per heavy atom. The van der Waals surface area contributed by atoms with E-state index in [0.29, 0.717) is 28.4 Å². The first kappa shape index (κ1) is 25.7. The van der Waals surface area contributed by atoms with E-state index in [0.717, 1.165) is 12.7 Å². The lowest BCUT2D eigenvalue weighted by Crippen LogP contribution is -2.17. The van der Waals surface area contributed by atoms with Gasteiger partial charge in [-0.25, -0.2) is 10.2 Å². The second-order valence-electron chi connectivity index (χ2n) is 6.87. The topological polar surface area (TPSA) is 106 Å². The fraction of sp³-hybridized carbons (Fsp3) is 0.125. The third-order valence-electron chi connectivity index (χ3n) is 4.63. The van der Waals surface area contributed by atoms with Crippen LogP contribution in [0.3, 0.4) is 0 Å². The number of carboxylic acid groups (broad SMARTS) is 1. The molecule has 3 rings (SSSR count). The number of aromatic carboxylic acids is 1. The van der Waals surface area contributed by atoms with Crippen molar-refractivity contribution in [3.8, 4) is 17.2 Å². The van der Waals surface area contributed by atoms with Gasteiger partial charge in [0.25, 0.3) is 5.91 Å². The van der Waals surface area contributed by atoms with Gasteiger partial charge in [-0.05, 0) is 98.8 Å². The molecule has 2 N–H and O–H groups in total. The highest BCUT2D eigenvalue weighted by atomic mass is 127. The van der Waals surface area contributed by atoms with Crippen molar-refractivity contribution >= 4 is 63.3 Å². The zero-order valence-electron chi connectivity index (χ0n) is 18.2. The molecule has 0 aliphatic heterocycles. The maximum Gasteiger partial charge on any atom is 0.335 e. The molecule has 34 heavy (non-hydrogen) atoms. The Morgan fingerprint density at radius 1 is 0.941 bits per heavy atom. The van der Waals surface area contributed by atoms with Crippen LogP contribution in [-0.2, 0) is 6.61 Å². The number of hydrazone groups is 1. The van der Waals surface area contributed by atoms with Crippen molar-refractivity contribution in [2.75, 3.05) is 14.2 Å². The van der Waals surface area contributed by atoms with Crippen LogP contribution in [0.4, 0.5) is 0 Å². The summed E-state index contributed by atoms with van der Waals surface area (Å²) < 4.78 is 18.3. The smallest absolute Gasteiger partial charge is 0.335 e. The molecule has 3 aromatic rings. The first-order valence-electron chi connectivity index (χ1n) is 9.82. The van der Waals surface area contributed by atoms with E-state index in [1.165, 1.54) is 25.5 Å². The average Bonchev–Trinajstić information content (AvgIpc) is 2.83. The summed E-state index contributed by atoms with van der Waals surface area (Å²) in [5.41, 5.74) is 4.68. The van der Waals surface area contributed by atoms with Crippen molar-refractivity contribution in [1.29, 1.82) is 0 Å². The van der Waals surface area contributed by atoms with E-state index in [-0.39, 0.29) is 18.1 Å². The van der Waals surface area contributed by atoms with Gasteiger partial charge >= 0.3 is 5.97 Å². The van der Waals surface area contributed by atoms with Crippen LogP contribution in [0, 0.1) is 7.14 Å². The number of amides is 1. The summed E-state index contributed by atoms with van der Waals surface area (Å²) in [6, 6.07) is 15.2. The molecular formula is C24H20I2N2O6. The molecule has 0 spiro atoms. The minimum Gasteiger partial charge on any atom is -0.496 e. The number of carboxylic acids is 1. The predicted molar refractivity (Wildman–Crippen MR) is 144 cm³/mol. The lowest BCUT2D eigenvalue weighted by molar-refractivity contribution is 0.0696. The summed E-state index contributed by atoms with van der Waals surface area (Å²) in [4.78, 5) is 23.4. The van der Waals surface area contributed by atoms with Gasteiger partial charge in [0.1, 0.15) is 12.4 Å². The standard InChI is InChI=1S/C24H20I2N2O6/c1-32-20-11-17(7-8-18(20)25)23(29)28-27-12-15-9-19(26)22(21(10-15)33-2)34-13-14-3-5-16(6-4-14)24(30)31/h3-12H,13H2,1-2H3,(H,28,29)(H,30,31)/b27-12-. The third kappa shape index (κ3) is 6.59. The molecule has 176 valence electrons. The minimum absolute atomic E-state index is 0.216. The third-order valence-corrected chi connectivity index (χ3v) is 6.32. The summed E-state index contributed by atoms with van der Waals surface area (Å²) in [6.45, 7) is 0.245. The molecule has 0 fully saturated rings. The van der Waals surface area contributed by atoms with E-state index in [1.807, 2.05) is 6.07 Å². The molecule has 3 aromatic carbocycles. The van der Waals surface area contributed by atoms with Gasteiger partial charge in [0.05, 0.1) is 33.1 Å². The first-order valence-corrected chi connectivity index (χ1v) is 12.0. The van der Waals surface area contributed by atoms with Crippen LogP contribution in [0.5, 0.6) is 17.2 Å². The first-order chi connectivity index (χ1) is 16.3. The number of hydrogen-bond donors (Lipinski definition) is 2. The SMILES string of the molecule is COc1cc(C(=O)N/N=C\c2cc(I)c(OCc3ccc(C(=O)O)cc3)c(OC)c2)ccc1I. The normalized spacial score (nSPS) is 10.7. The Labute approximate surface area is 223 Å². The second kappa shape index (κ2) is 12.0. The number of nitrogens with one attached hydrogen (secondary N) is 1. The number of nitrogens with zero attached hydrogens (tertiary/aromatic N) is 1. The second-order valence-corrected chi connectivity index (χ2v) is 9.20. The molecule has 10 heteroatoms. The highest BCUT2D eigenvalue weighted by molar-refractivity contribution is 14.1. The molecule has 0 heterocycles. The zero-order chi connectivity index (χ0) is 24.7. The molecule has 0 saturated carbocycles. The molecule has 0 aromatic heterocycles. The van der Waals surface area contributed by atoms with Crippen LogP contribution < -0.4 is 19.6 Å². The lowest BCUT2D eigenvalue weighted by atomic mass is 10.1. The summed E-state index contributed by atoms with van der Waals surface area (Å²) >= 11 is 4.26. The molecule has 0 radical (unpaired) electrons. The summed E-state index contributed by atoms with van der Waals surface area (Å²) in [5, 5.41) is 13.1. The molecule has 0 aliphatic rings. The van der Waals surface area contributed by atoms with Crippen molar-refractivity contribution in [3.63, 3.8) is 0 Å². The number of ether oxygens (including phenoxy) is 3. The fourth-order valence-corrected chi connectivity index (χ4v) is 4.22. The maximum absolute atomic E-state index is 12.4. The number of halogens is 2. The van der Waals surface area contributed by atoms with Gasteiger partial charge in [-0.15, -0.1) is 0 Å². The molecular weight excluding hydrogens is 666 g/mol. The van der Waals surface area contributed by atoms with Crippen LogP contribution in [0.2, 0.25) is 0 Å². The monoisotopic (exact) mass is 686 g/mol. The quantitative estimate of drug-likeness (QED) is 0.188. The Hall–Kier alpha value is -2.87. The number of rotatable bonds is 9. The molecule has 0 saturated heterocycles. The average molecular weight is 686 g/mol. The van der Waals surface area contributed by atoms with Crippen LogP contribution >= 0.6 is 45.2 Å². The van der Waals surface area contributed by atoms with Crippen LogP contribution in [0.1, 0.15) is 31.8 Å². The molecule has 0 bridgehead atoms. The van der Waals surface area contributed by atoms with Gasteiger partial charge in [-0.2, -0.15) is 5.10 Å². The predicted octanol–water partition coefficient (Wildman–Crippen LogP) is 4.95. The van der Waals surface area contributed by atoms with Crippen molar-refractivity contribution < 1.29 is 28.9 Å². The number of benzene rings is 3. The van der Waals surface area contributed by atoms with Gasteiger partial charge in [0.15, 0.2) is 11.5 Å². The molecule has 8 nitrogen and oxygen atoms in total. The van der Waals surface area contributed by atoms with Gasteiger partial charge < -0.3 is 19.3 Å². The summed E-state index contributed by atoms with van der Waals surface area (Å²) in [5.74, 6) is 0.337. The summed E-state index contributed by atoms with van der Waals surface area (Å²) in [7, 11) is 3.08. The highest BCUT2D eigenvalue weighted by Crippen LogP contribution is 2.34. The van der Waals surface area contributed by atoms with E-state index < -0.39 is 5.97 Å². The van der Waals surface area contributed by atoms with Gasteiger partial charge in [0.2, 0.25) is 0 Å². The Bertz CT molecular complexity index is 1230. The molecule has 0 aliphatic carbocycles. The zero-order valence-corrected chi connectivity index (χ0v) is 22.5. The van der Waals surface area contributed by atoms with Crippen LogP contribution in [0.15, 0.2) is 59.7 Å². The molecule has 0 unspecified atom stereocenters. The van der Waals surface area contributed by atoms with E-state index in [4.69, 9.17) is 19.3 Å². The Kier molecular flexibility index (Phi) is 9.10. The largest absolute Gasteiger partial charge is 0.496 e. The van der Waals surface area contributed by atoms with E-state index >= 15 is 0 Å². The van der Waals surface area contributed by atoms with Crippen LogP contribution in [0.25, 0.3) is 0 Å². The number of carbonyl (C=O) groups is 2. The summed E-state index contributed by atoms with van der Waals surface area (Å²) in [6.07, 6.45) is 1.51. The van der Waals surface area contributed by atoms with Crippen molar-refractivity contribution in [2.45, 2.75) is 6.61 Å². The Morgan fingerprint density at radius 2 is 1.62 bits per heavy atom. The fourth-order valence-electron chi connectivity index (χ4n) is 2.88.